The molecule has 0 radical (unpaired) electrons. The van der Waals surface area contributed by atoms with Crippen LogP contribution in [-0.2, 0) is 65.4 Å². The zero-order chi connectivity index (χ0) is 71.7. The Morgan fingerprint density at radius 2 is 0.495 bits per heavy atom. The molecule has 0 amide bonds. The molecule has 0 bridgehead atoms. The molecule has 0 saturated heterocycles. The minimum Gasteiger partial charge on any atom is -0.462 e. The third-order valence-electron chi connectivity index (χ3n) is 18.4. The summed E-state index contributed by atoms with van der Waals surface area (Å²) in [5.41, 5.74) is 0. The van der Waals surface area contributed by atoms with E-state index < -0.39 is 97.5 Å². The molecule has 0 saturated carbocycles. The number of phosphoric acid groups is 2. The average Bonchev–Trinajstić information content (AvgIpc) is 1.65. The summed E-state index contributed by atoms with van der Waals surface area (Å²) in [5, 5.41) is 10.6. The molecular formula is C78H152O17P2. The van der Waals surface area contributed by atoms with Crippen LogP contribution in [0.25, 0.3) is 0 Å². The maximum absolute atomic E-state index is 13.1. The standard InChI is InChI=1S/C78H152O17P2/c1-9-71(8)57-49-41-33-25-18-14-10-11-15-19-27-35-44-52-60-78(83)95-74(65-89-76(81)59-51-43-37-29-32-40-48-56-70(6)7)67-93-97(86,87)91-63-72(79)62-90-96(84,85)92-66-73(64-88-75(80)58-50-42-34-26-22-21-24-31-39-47-55-69(4)5)94-77(82)61-53-45-36-28-20-16-12-13-17-23-30-38-46-54-68(2)3/h68-74,79H,9-67H2,1-8H3,(H,84,85)(H,86,87)/t71?,72?,73-,74-/m1/s1. The van der Waals surface area contributed by atoms with Crippen molar-refractivity contribution < 1.29 is 80.2 Å². The summed E-state index contributed by atoms with van der Waals surface area (Å²) in [7, 11) is -9.92. The summed E-state index contributed by atoms with van der Waals surface area (Å²) in [6.07, 6.45) is 52.7. The van der Waals surface area contributed by atoms with Gasteiger partial charge in [-0.2, -0.15) is 0 Å². The molecule has 97 heavy (non-hydrogen) atoms. The van der Waals surface area contributed by atoms with Crippen molar-refractivity contribution in [3.05, 3.63) is 0 Å². The molecule has 19 heteroatoms. The molecule has 4 unspecified atom stereocenters. The van der Waals surface area contributed by atoms with Crippen molar-refractivity contribution in [3.8, 4) is 0 Å². The van der Waals surface area contributed by atoms with Crippen LogP contribution in [-0.4, -0.2) is 96.7 Å². The van der Waals surface area contributed by atoms with E-state index in [9.17, 15) is 43.2 Å². The Morgan fingerprint density at radius 1 is 0.289 bits per heavy atom. The van der Waals surface area contributed by atoms with E-state index in [1.807, 2.05) is 0 Å². The molecule has 3 N–H and O–H groups in total. The fourth-order valence-electron chi connectivity index (χ4n) is 11.9. The lowest BCUT2D eigenvalue weighted by molar-refractivity contribution is -0.161. The van der Waals surface area contributed by atoms with Gasteiger partial charge in [0.1, 0.15) is 19.3 Å². The molecule has 0 aromatic carbocycles. The van der Waals surface area contributed by atoms with Gasteiger partial charge in [0.05, 0.1) is 26.4 Å². The largest absolute Gasteiger partial charge is 0.472 e. The van der Waals surface area contributed by atoms with Crippen LogP contribution in [0.15, 0.2) is 0 Å². The van der Waals surface area contributed by atoms with E-state index in [2.05, 4.69) is 55.4 Å². The van der Waals surface area contributed by atoms with Gasteiger partial charge >= 0.3 is 39.5 Å². The van der Waals surface area contributed by atoms with E-state index in [-0.39, 0.29) is 25.7 Å². The molecule has 0 fully saturated rings. The van der Waals surface area contributed by atoms with E-state index in [4.69, 9.17) is 37.0 Å². The van der Waals surface area contributed by atoms with Crippen molar-refractivity contribution in [1.29, 1.82) is 0 Å². The van der Waals surface area contributed by atoms with Gasteiger partial charge in [0.15, 0.2) is 12.2 Å². The van der Waals surface area contributed by atoms with Gasteiger partial charge < -0.3 is 33.8 Å². The van der Waals surface area contributed by atoms with E-state index in [1.165, 1.54) is 193 Å². The third-order valence-corrected chi connectivity index (χ3v) is 20.3. The molecule has 17 nitrogen and oxygen atoms in total. The number of unbranched alkanes of at least 4 members (excludes halogenated alkanes) is 40. The summed E-state index contributed by atoms with van der Waals surface area (Å²) in [6, 6.07) is 0. The predicted octanol–water partition coefficient (Wildman–Crippen LogP) is 22.8. The summed E-state index contributed by atoms with van der Waals surface area (Å²) >= 11 is 0. The second kappa shape index (κ2) is 67.2. The maximum Gasteiger partial charge on any atom is 0.472 e. The lowest BCUT2D eigenvalue weighted by Gasteiger charge is -2.21. The maximum atomic E-state index is 13.1. The van der Waals surface area contributed by atoms with E-state index in [0.717, 1.165) is 114 Å². The number of rotatable bonds is 75. The Balaban J connectivity index is 5.24. The van der Waals surface area contributed by atoms with E-state index in [1.54, 1.807) is 0 Å². The Hall–Kier alpha value is -1.94. The molecule has 0 rings (SSSR count). The lowest BCUT2D eigenvalue weighted by Crippen LogP contribution is -2.30. The summed E-state index contributed by atoms with van der Waals surface area (Å²) in [5.74, 6) is 0.978. The molecule has 576 valence electrons. The molecule has 0 aliphatic carbocycles. The highest BCUT2D eigenvalue weighted by Gasteiger charge is 2.30. The number of phosphoric ester groups is 2. The van der Waals surface area contributed by atoms with Crippen LogP contribution >= 0.6 is 15.6 Å². The van der Waals surface area contributed by atoms with Gasteiger partial charge in [0.2, 0.25) is 0 Å². The smallest absolute Gasteiger partial charge is 0.462 e. The van der Waals surface area contributed by atoms with Gasteiger partial charge in [-0.25, -0.2) is 9.13 Å². The SMILES string of the molecule is CCC(C)CCCCCCCCCCCCCCCCC(=O)O[C@H](COC(=O)CCCCCCCCCC(C)C)COP(=O)(O)OCC(O)COP(=O)(O)OC[C@@H](COC(=O)CCCCCCCCCCCCC(C)C)OC(=O)CCCCCCCCCCCCCCCC(C)C. The molecular weight excluding hydrogens is 1270 g/mol. The van der Waals surface area contributed by atoms with Crippen LogP contribution in [0.5, 0.6) is 0 Å². The molecule has 0 aromatic heterocycles. The Kier molecular flexibility index (Phi) is 65.9. The Morgan fingerprint density at radius 3 is 0.732 bits per heavy atom. The second-order valence-electron chi connectivity index (χ2n) is 29.8. The van der Waals surface area contributed by atoms with Gasteiger partial charge in [-0.05, 0) is 49.4 Å². The van der Waals surface area contributed by atoms with Crippen LogP contribution in [0, 0.1) is 23.7 Å². The number of hydrogen-bond donors (Lipinski definition) is 3. The van der Waals surface area contributed by atoms with Gasteiger partial charge in [0, 0.05) is 25.7 Å². The number of carbonyl (C=O) groups is 4. The summed E-state index contributed by atoms with van der Waals surface area (Å²) in [6.45, 7) is 14.2. The van der Waals surface area contributed by atoms with Crippen molar-refractivity contribution in [1.82, 2.24) is 0 Å². The van der Waals surface area contributed by atoms with E-state index in [0.29, 0.717) is 31.6 Å². The highest BCUT2D eigenvalue weighted by Crippen LogP contribution is 2.45. The number of aliphatic hydroxyl groups is 1. The molecule has 0 aliphatic rings. The van der Waals surface area contributed by atoms with Crippen LogP contribution in [0.1, 0.15) is 396 Å². The van der Waals surface area contributed by atoms with Crippen molar-refractivity contribution in [3.63, 3.8) is 0 Å². The number of hydrogen-bond acceptors (Lipinski definition) is 15. The first-order chi connectivity index (χ1) is 46.6. The highest BCUT2D eigenvalue weighted by atomic mass is 31.2. The fourth-order valence-corrected chi connectivity index (χ4v) is 13.5. The monoisotopic (exact) mass is 1420 g/mol. The van der Waals surface area contributed by atoms with Gasteiger partial charge in [-0.1, -0.05) is 344 Å². The van der Waals surface area contributed by atoms with Gasteiger partial charge in [-0.3, -0.25) is 37.3 Å². The number of ether oxygens (including phenoxy) is 4. The number of esters is 4. The van der Waals surface area contributed by atoms with Crippen LogP contribution in [0.2, 0.25) is 0 Å². The second-order valence-corrected chi connectivity index (χ2v) is 32.7. The molecule has 0 aromatic rings. The zero-order valence-electron chi connectivity index (χ0n) is 63.7. The third kappa shape index (κ3) is 70.9. The Bertz CT molecular complexity index is 1900. The van der Waals surface area contributed by atoms with Crippen LogP contribution in [0.4, 0.5) is 0 Å². The molecule has 0 aliphatic heterocycles. The Labute approximate surface area is 594 Å². The predicted molar refractivity (Wildman–Crippen MR) is 395 cm³/mol. The van der Waals surface area contributed by atoms with E-state index >= 15 is 0 Å². The quantitative estimate of drug-likeness (QED) is 0.0222. The molecule has 0 heterocycles. The zero-order valence-corrected chi connectivity index (χ0v) is 65.5. The summed E-state index contributed by atoms with van der Waals surface area (Å²) < 4.78 is 68.6. The fraction of sp³-hybridized carbons (Fsp3) is 0.949. The van der Waals surface area contributed by atoms with Crippen molar-refractivity contribution in [2.45, 2.75) is 414 Å². The van der Waals surface area contributed by atoms with Gasteiger partial charge in [0.25, 0.3) is 0 Å². The minimum atomic E-state index is -4.96. The van der Waals surface area contributed by atoms with Crippen molar-refractivity contribution in [2.24, 2.45) is 23.7 Å². The van der Waals surface area contributed by atoms with Crippen molar-refractivity contribution >= 4 is 39.5 Å². The first-order valence-corrected chi connectivity index (χ1v) is 43.2. The first kappa shape index (κ1) is 95.1. The minimum absolute atomic E-state index is 0.106. The highest BCUT2D eigenvalue weighted by molar-refractivity contribution is 7.47. The van der Waals surface area contributed by atoms with Crippen LogP contribution < -0.4 is 0 Å². The van der Waals surface area contributed by atoms with Crippen molar-refractivity contribution in [2.75, 3.05) is 39.6 Å². The average molecular weight is 1420 g/mol. The summed E-state index contributed by atoms with van der Waals surface area (Å²) in [4.78, 5) is 72.9. The van der Waals surface area contributed by atoms with Gasteiger partial charge in [-0.15, -0.1) is 0 Å². The molecule has 0 spiro atoms. The number of aliphatic hydroxyl groups excluding tert-OH is 1. The first-order valence-electron chi connectivity index (χ1n) is 40.2. The molecule has 6 atom stereocenters. The normalized spacial score (nSPS) is 14.4. The lowest BCUT2D eigenvalue weighted by atomic mass is 9.99. The van der Waals surface area contributed by atoms with Crippen LogP contribution in [0.3, 0.4) is 0 Å². The number of carbonyl (C=O) groups excluding carboxylic acids is 4. The topological polar surface area (TPSA) is 237 Å².